The minimum Gasteiger partial charge on any atom is -0.462 e. The van der Waals surface area contributed by atoms with Crippen molar-refractivity contribution in [3.05, 3.63) is 29.1 Å². The number of hydrogen-bond donors (Lipinski definition) is 1. The highest BCUT2D eigenvalue weighted by Crippen LogP contribution is 2.26. The summed E-state index contributed by atoms with van der Waals surface area (Å²) < 4.78 is 19.5. The third kappa shape index (κ3) is 4.61. The molecule has 0 aliphatic rings. The van der Waals surface area contributed by atoms with E-state index >= 15 is 0 Å². The Bertz CT molecular complexity index is 634. The number of carbonyl (C=O) groups is 2. The van der Waals surface area contributed by atoms with Crippen LogP contribution in [0.3, 0.4) is 0 Å². The Labute approximate surface area is 156 Å². The summed E-state index contributed by atoms with van der Waals surface area (Å²) in [5, 5.41) is 2.88. The van der Waals surface area contributed by atoms with Crippen molar-refractivity contribution in [1.82, 2.24) is 0 Å². The van der Waals surface area contributed by atoms with Gasteiger partial charge in [-0.25, -0.2) is 9.18 Å². The molecule has 0 bridgehead atoms. The van der Waals surface area contributed by atoms with Crippen molar-refractivity contribution in [2.45, 2.75) is 54.0 Å². The highest BCUT2D eigenvalue weighted by molar-refractivity contribution is 6.03. The topological polar surface area (TPSA) is 55.4 Å². The van der Waals surface area contributed by atoms with E-state index < -0.39 is 11.8 Å². The molecule has 1 aromatic carbocycles. The fourth-order valence-corrected chi connectivity index (χ4v) is 3.64. The fourth-order valence-electron chi connectivity index (χ4n) is 3.64. The number of amides is 1. The minimum atomic E-state index is -0.638. The number of hydrogen-bond acceptors (Lipinski definition) is 3. The first-order valence-corrected chi connectivity index (χ1v) is 9.43. The number of ether oxygens (including phenoxy) is 1. The number of quaternary nitrogens is 1. The molecule has 0 heterocycles. The lowest BCUT2D eigenvalue weighted by atomic mass is 10.0. The molecule has 1 atom stereocenters. The van der Waals surface area contributed by atoms with Gasteiger partial charge in [0.2, 0.25) is 0 Å². The molecule has 0 radical (unpaired) electrons. The van der Waals surface area contributed by atoms with Gasteiger partial charge in [0.05, 0.1) is 37.5 Å². The summed E-state index contributed by atoms with van der Waals surface area (Å²) in [4.78, 5) is 25.3. The number of esters is 1. The second-order valence-electron chi connectivity index (χ2n) is 6.45. The molecular formula is C20H32FN2O3+. The third-order valence-electron chi connectivity index (χ3n) is 5.28. The summed E-state index contributed by atoms with van der Waals surface area (Å²) in [6, 6.07) is 2.18. The number of nitrogens with one attached hydrogen (secondary N) is 1. The molecule has 1 N–H and O–H groups in total. The van der Waals surface area contributed by atoms with Crippen LogP contribution in [0.25, 0.3) is 0 Å². The maximum absolute atomic E-state index is 13.8. The maximum Gasteiger partial charge on any atom is 0.340 e. The van der Waals surface area contributed by atoms with E-state index in [1.807, 2.05) is 6.92 Å². The lowest BCUT2D eigenvalue weighted by Crippen LogP contribution is -2.59. The Morgan fingerprint density at radius 1 is 1.12 bits per heavy atom. The first-order valence-electron chi connectivity index (χ1n) is 9.43. The van der Waals surface area contributed by atoms with E-state index in [1.165, 1.54) is 6.07 Å². The summed E-state index contributed by atoms with van der Waals surface area (Å²) in [5.74, 6) is -1.32. The molecule has 0 saturated heterocycles. The van der Waals surface area contributed by atoms with Crippen LogP contribution in [0.1, 0.15) is 57.0 Å². The smallest absolute Gasteiger partial charge is 0.340 e. The van der Waals surface area contributed by atoms with Crippen LogP contribution in [0.5, 0.6) is 0 Å². The molecule has 1 amide bonds. The standard InChI is InChI=1S/C20H31FN2O3/c1-7-17(23(8-2,9-3)10-4)19(24)22-18-14(6)12-15(21)13-16(18)20(25)26-11-5/h12-13,17H,7-11H2,1-6H3/p+1. The highest BCUT2D eigenvalue weighted by atomic mass is 19.1. The number of carbonyl (C=O) groups excluding carboxylic acids is 2. The molecule has 0 aliphatic heterocycles. The van der Waals surface area contributed by atoms with Gasteiger partial charge in [0.15, 0.2) is 6.04 Å². The van der Waals surface area contributed by atoms with Crippen LogP contribution in [0, 0.1) is 12.7 Å². The summed E-state index contributed by atoms with van der Waals surface area (Å²) in [6.45, 7) is 14.3. The molecule has 0 saturated carbocycles. The minimum absolute atomic E-state index is 0.0511. The number of likely N-dealkylation sites (N-methyl/N-ethyl adjacent to an activating group) is 1. The molecule has 0 fully saturated rings. The molecule has 1 unspecified atom stereocenters. The van der Waals surface area contributed by atoms with Gasteiger partial charge < -0.3 is 14.5 Å². The molecule has 146 valence electrons. The van der Waals surface area contributed by atoms with Crippen molar-refractivity contribution in [3.63, 3.8) is 0 Å². The van der Waals surface area contributed by atoms with E-state index in [0.717, 1.165) is 25.7 Å². The van der Waals surface area contributed by atoms with Crippen LogP contribution in [0.15, 0.2) is 12.1 Å². The zero-order valence-electron chi connectivity index (χ0n) is 16.8. The molecule has 6 heteroatoms. The van der Waals surface area contributed by atoms with Crippen LogP contribution in [-0.4, -0.2) is 48.6 Å². The van der Waals surface area contributed by atoms with Crippen molar-refractivity contribution in [1.29, 1.82) is 0 Å². The molecule has 0 spiro atoms. The second-order valence-corrected chi connectivity index (χ2v) is 6.45. The summed E-state index contributed by atoms with van der Waals surface area (Å²) >= 11 is 0. The zero-order chi connectivity index (χ0) is 19.9. The largest absolute Gasteiger partial charge is 0.462 e. The van der Waals surface area contributed by atoms with E-state index in [2.05, 4.69) is 26.1 Å². The van der Waals surface area contributed by atoms with Crippen molar-refractivity contribution < 1.29 is 23.2 Å². The lowest BCUT2D eigenvalue weighted by Gasteiger charge is -2.41. The molecule has 1 aromatic rings. The first kappa shape index (κ1) is 22.1. The number of rotatable bonds is 9. The van der Waals surface area contributed by atoms with Gasteiger partial charge in [-0.3, -0.25) is 4.79 Å². The van der Waals surface area contributed by atoms with Gasteiger partial charge in [-0.15, -0.1) is 0 Å². The number of benzene rings is 1. The van der Waals surface area contributed by atoms with Gasteiger partial charge in [-0.1, -0.05) is 6.92 Å². The molecule has 26 heavy (non-hydrogen) atoms. The van der Waals surface area contributed by atoms with E-state index in [9.17, 15) is 14.0 Å². The Hall–Kier alpha value is -1.95. The predicted molar refractivity (Wildman–Crippen MR) is 102 cm³/mol. The number of aryl methyl sites for hydroxylation is 1. The average molecular weight is 367 g/mol. The van der Waals surface area contributed by atoms with E-state index in [4.69, 9.17) is 4.74 Å². The van der Waals surface area contributed by atoms with Gasteiger partial charge in [0.25, 0.3) is 5.91 Å². The Morgan fingerprint density at radius 3 is 2.15 bits per heavy atom. The second kappa shape index (κ2) is 9.67. The molecule has 0 aromatic heterocycles. The van der Waals surface area contributed by atoms with Gasteiger partial charge >= 0.3 is 5.97 Å². The number of nitrogens with zero attached hydrogens (tertiary/aromatic N) is 1. The fraction of sp³-hybridized carbons (Fsp3) is 0.600. The molecule has 0 aliphatic carbocycles. The van der Waals surface area contributed by atoms with Crippen molar-refractivity contribution >= 4 is 17.6 Å². The van der Waals surface area contributed by atoms with Gasteiger partial charge in [0, 0.05) is 6.42 Å². The van der Waals surface area contributed by atoms with E-state index in [-0.39, 0.29) is 24.1 Å². The summed E-state index contributed by atoms with van der Waals surface area (Å²) in [6.07, 6.45) is 0.677. The summed E-state index contributed by atoms with van der Waals surface area (Å²) in [7, 11) is 0. The molecular weight excluding hydrogens is 335 g/mol. The van der Waals surface area contributed by atoms with Crippen LogP contribution in [-0.2, 0) is 9.53 Å². The van der Waals surface area contributed by atoms with Gasteiger partial charge in [-0.05, 0) is 52.3 Å². The van der Waals surface area contributed by atoms with Crippen LogP contribution >= 0.6 is 0 Å². The normalized spacial score (nSPS) is 12.6. The SMILES string of the molecule is CCOC(=O)c1cc(F)cc(C)c1NC(=O)C(CC)[N+](CC)(CC)CC. The Kier molecular flexibility index (Phi) is 8.21. The third-order valence-corrected chi connectivity index (χ3v) is 5.28. The van der Waals surface area contributed by atoms with Crippen LogP contribution < -0.4 is 5.32 Å². The van der Waals surface area contributed by atoms with Crippen molar-refractivity contribution in [2.75, 3.05) is 31.6 Å². The summed E-state index contributed by atoms with van der Waals surface area (Å²) in [5.41, 5.74) is 0.878. The molecule has 5 nitrogen and oxygen atoms in total. The Morgan fingerprint density at radius 2 is 1.69 bits per heavy atom. The van der Waals surface area contributed by atoms with Crippen molar-refractivity contribution in [2.24, 2.45) is 0 Å². The maximum atomic E-state index is 13.8. The van der Waals surface area contributed by atoms with Gasteiger partial charge in [0.1, 0.15) is 5.82 Å². The quantitative estimate of drug-likeness (QED) is 0.532. The van der Waals surface area contributed by atoms with E-state index in [1.54, 1.807) is 13.8 Å². The average Bonchev–Trinajstić information content (AvgIpc) is 2.61. The van der Waals surface area contributed by atoms with Crippen molar-refractivity contribution in [3.8, 4) is 0 Å². The number of anilines is 1. The van der Waals surface area contributed by atoms with Crippen LogP contribution in [0.4, 0.5) is 10.1 Å². The highest BCUT2D eigenvalue weighted by Gasteiger charge is 2.37. The zero-order valence-corrected chi connectivity index (χ0v) is 16.8. The predicted octanol–water partition coefficient (Wildman–Crippen LogP) is 3.90. The molecule has 1 rings (SSSR count). The Balaban J connectivity index is 3.28. The van der Waals surface area contributed by atoms with Gasteiger partial charge in [-0.2, -0.15) is 0 Å². The first-order chi connectivity index (χ1) is 12.3. The van der Waals surface area contributed by atoms with Crippen LogP contribution in [0.2, 0.25) is 0 Å². The monoisotopic (exact) mass is 367 g/mol. The lowest BCUT2D eigenvalue weighted by molar-refractivity contribution is -0.938. The van der Waals surface area contributed by atoms with E-state index in [0.29, 0.717) is 22.2 Å². The number of halogens is 1.